The van der Waals surface area contributed by atoms with E-state index < -0.39 is 22.9 Å². The Hall–Kier alpha value is -3.35. The maximum atomic E-state index is 13.0. The second-order valence-corrected chi connectivity index (χ2v) is 5.38. The van der Waals surface area contributed by atoms with Crippen LogP contribution in [-0.4, -0.2) is 16.7 Å². The summed E-state index contributed by atoms with van der Waals surface area (Å²) in [4.78, 5) is 26.4. The van der Waals surface area contributed by atoms with Gasteiger partial charge in [0.1, 0.15) is 11.6 Å². The first-order valence-electron chi connectivity index (χ1n) is 7.43. The van der Waals surface area contributed by atoms with Gasteiger partial charge in [-0.25, -0.2) is 9.18 Å². The summed E-state index contributed by atoms with van der Waals surface area (Å²) >= 11 is 0. The molecule has 0 unspecified atom stereocenters. The average molecular weight is 341 g/mol. The molecule has 0 aliphatic carbocycles. The number of halogens is 1. The summed E-state index contributed by atoms with van der Waals surface area (Å²) in [6.45, 7) is 0. The Labute approximate surface area is 141 Å². The molecule has 2 aromatic carbocycles. The second-order valence-electron chi connectivity index (χ2n) is 5.38. The lowest BCUT2D eigenvalue weighted by atomic mass is 10.1. The second kappa shape index (κ2) is 6.64. The van der Waals surface area contributed by atoms with E-state index >= 15 is 0 Å². The highest BCUT2D eigenvalue weighted by molar-refractivity contribution is 5.43. The maximum Gasteiger partial charge on any atom is 0.332 e. The summed E-state index contributed by atoms with van der Waals surface area (Å²) in [7, 11) is 1.47. The van der Waals surface area contributed by atoms with Crippen molar-refractivity contribution in [2.24, 2.45) is 0 Å². The molecule has 1 aromatic heterocycles. The molecular formula is C18H14FN2O4-. The minimum atomic E-state index is -0.828. The number of methoxy groups -OCH3 is 1. The third-order valence-corrected chi connectivity index (χ3v) is 3.76. The zero-order chi connectivity index (χ0) is 18.0. The van der Waals surface area contributed by atoms with Crippen LogP contribution in [0.2, 0.25) is 0 Å². The van der Waals surface area contributed by atoms with Crippen LogP contribution < -0.4 is 21.1 Å². The van der Waals surface area contributed by atoms with Gasteiger partial charge in [-0.2, -0.15) is 0 Å². The summed E-state index contributed by atoms with van der Waals surface area (Å²) < 4.78 is 19.0. The van der Waals surface area contributed by atoms with E-state index in [0.29, 0.717) is 11.3 Å². The number of benzene rings is 2. The van der Waals surface area contributed by atoms with Gasteiger partial charge in [0, 0.05) is 18.1 Å². The number of hydrogen-bond donors (Lipinski definition) is 1. The Morgan fingerprint density at radius 1 is 1.16 bits per heavy atom. The highest BCUT2D eigenvalue weighted by atomic mass is 19.1. The number of nitrogens with one attached hydrogen (secondary N) is 1. The van der Waals surface area contributed by atoms with Gasteiger partial charge in [0.05, 0.1) is 12.8 Å². The molecule has 0 saturated heterocycles. The van der Waals surface area contributed by atoms with Crippen molar-refractivity contribution in [2.75, 3.05) is 7.11 Å². The molecule has 0 aliphatic heterocycles. The first-order chi connectivity index (χ1) is 12.0. The van der Waals surface area contributed by atoms with Crippen molar-refractivity contribution in [1.82, 2.24) is 9.55 Å². The maximum absolute atomic E-state index is 13.0. The van der Waals surface area contributed by atoms with E-state index in [1.807, 2.05) is 0 Å². The van der Waals surface area contributed by atoms with Crippen molar-refractivity contribution >= 4 is 0 Å². The molecule has 3 aromatic rings. The number of rotatable bonds is 4. The van der Waals surface area contributed by atoms with Gasteiger partial charge in [-0.1, -0.05) is 18.2 Å². The van der Waals surface area contributed by atoms with Gasteiger partial charge in [0.15, 0.2) is 0 Å². The Morgan fingerprint density at radius 3 is 2.56 bits per heavy atom. The standard InChI is InChI=1S/C18H15FN2O4/c1-25-14-4-2-3-13(10-14)21-17(23)15(16(22)20-18(21)24)9-11-5-7-12(19)8-6-11/h2-8,10,23H,9H2,1H3,(H,20,22,24)/p-1. The number of hydrogen-bond acceptors (Lipinski definition) is 4. The van der Waals surface area contributed by atoms with Crippen LogP contribution >= 0.6 is 0 Å². The summed E-state index contributed by atoms with van der Waals surface area (Å²) in [5.74, 6) is -0.664. The lowest BCUT2D eigenvalue weighted by Crippen LogP contribution is -2.34. The van der Waals surface area contributed by atoms with Crippen molar-refractivity contribution in [3.05, 3.63) is 86.3 Å². The molecule has 1 heterocycles. The van der Waals surface area contributed by atoms with Crippen LogP contribution in [-0.2, 0) is 6.42 Å². The molecule has 25 heavy (non-hydrogen) atoms. The zero-order valence-corrected chi connectivity index (χ0v) is 13.3. The van der Waals surface area contributed by atoms with E-state index in [9.17, 15) is 19.1 Å². The Kier molecular flexibility index (Phi) is 4.38. The molecule has 0 atom stereocenters. The monoisotopic (exact) mass is 341 g/mol. The fourth-order valence-corrected chi connectivity index (χ4v) is 2.50. The van der Waals surface area contributed by atoms with E-state index in [2.05, 4.69) is 4.98 Å². The van der Waals surface area contributed by atoms with Gasteiger partial charge >= 0.3 is 5.69 Å². The molecule has 0 aliphatic rings. The summed E-state index contributed by atoms with van der Waals surface area (Å²) in [5, 5.41) is 12.7. The molecule has 128 valence electrons. The predicted octanol–water partition coefficient (Wildman–Crippen LogP) is 1.34. The number of aromatic nitrogens is 2. The van der Waals surface area contributed by atoms with Crippen LogP contribution in [0.1, 0.15) is 11.1 Å². The number of nitrogens with zero attached hydrogens (tertiary/aromatic N) is 1. The van der Waals surface area contributed by atoms with Crippen LogP contribution in [0.4, 0.5) is 4.39 Å². The molecule has 6 nitrogen and oxygen atoms in total. The summed E-state index contributed by atoms with van der Waals surface area (Å²) in [5.41, 5.74) is -0.815. The smallest absolute Gasteiger partial charge is 0.332 e. The van der Waals surface area contributed by atoms with Crippen molar-refractivity contribution in [1.29, 1.82) is 0 Å². The molecule has 0 fully saturated rings. The van der Waals surface area contributed by atoms with Crippen LogP contribution in [0.5, 0.6) is 11.6 Å². The third-order valence-electron chi connectivity index (χ3n) is 3.76. The quantitative estimate of drug-likeness (QED) is 0.776. The van der Waals surface area contributed by atoms with Gasteiger partial charge in [-0.15, -0.1) is 0 Å². The van der Waals surface area contributed by atoms with Gasteiger partial charge in [0.2, 0.25) is 0 Å². The third kappa shape index (κ3) is 3.30. The van der Waals surface area contributed by atoms with Gasteiger partial charge < -0.3 is 9.84 Å². The predicted molar refractivity (Wildman–Crippen MR) is 87.9 cm³/mol. The zero-order valence-electron chi connectivity index (χ0n) is 13.3. The molecule has 1 N–H and O–H groups in total. The molecule has 7 heteroatoms. The average Bonchev–Trinajstić information content (AvgIpc) is 2.60. The minimum absolute atomic E-state index is 0.0152. The SMILES string of the molecule is COc1cccc(-n2c([O-])c(Cc3ccc(F)cc3)c(=O)[nH]c2=O)c1. The van der Waals surface area contributed by atoms with E-state index in [4.69, 9.17) is 4.74 Å². The van der Waals surface area contributed by atoms with Crippen LogP contribution in [0, 0.1) is 5.82 Å². The Balaban J connectivity index is 2.13. The first-order valence-corrected chi connectivity index (χ1v) is 7.43. The van der Waals surface area contributed by atoms with E-state index in [0.717, 1.165) is 4.57 Å². The lowest BCUT2D eigenvalue weighted by molar-refractivity contribution is -0.279. The van der Waals surface area contributed by atoms with Gasteiger partial charge in [-0.05, 0) is 35.7 Å². The van der Waals surface area contributed by atoms with Crippen molar-refractivity contribution < 1.29 is 14.2 Å². The summed E-state index contributed by atoms with van der Waals surface area (Å²) in [6, 6.07) is 11.8. The Morgan fingerprint density at radius 2 is 1.88 bits per heavy atom. The highest BCUT2D eigenvalue weighted by Crippen LogP contribution is 2.20. The van der Waals surface area contributed by atoms with E-state index in [1.54, 1.807) is 18.2 Å². The molecule has 0 bridgehead atoms. The fourth-order valence-electron chi connectivity index (χ4n) is 2.50. The molecule has 0 spiro atoms. The molecule has 0 amide bonds. The van der Waals surface area contributed by atoms with E-state index in [1.165, 1.54) is 37.4 Å². The van der Waals surface area contributed by atoms with E-state index in [-0.39, 0.29) is 17.7 Å². The normalized spacial score (nSPS) is 10.6. The highest BCUT2D eigenvalue weighted by Gasteiger charge is 2.11. The Bertz CT molecular complexity index is 1020. The minimum Gasteiger partial charge on any atom is -0.859 e. The molecule has 3 rings (SSSR count). The van der Waals surface area contributed by atoms with Crippen LogP contribution in [0.3, 0.4) is 0 Å². The number of aromatic amines is 1. The van der Waals surface area contributed by atoms with Crippen LogP contribution in [0.15, 0.2) is 58.1 Å². The lowest BCUT2D eigenvalue weighted by Gasteiger charge is -2.20. The largest absolute Gasteiger partial charge is 0.859 e. The molecule has 0 saturated carbocycles. The fraction of sp³-hybridized carbons (Fsp3) is 0.111. The number of H-pyrrole nitrogens is 1. The number of ether oxygens (including phenoxy) is 1. The topological polar surface area (TPSA) is 87.2 Å². The molecule has 0 radical (unpaired) electrons. The van der Waals surface area contributed by atoms with Crippen molar-refractivity contribution in [3.8, 4) is 17.3 Å². The first kappa shape index (κ1) is 16.5. The molecular weight excluding hydrogens is 327 g/mol. The summed E-state index contributed by atoms with van der Waals surface area (Å²) in [6.07, 6.45) is -0.0152. The van der Waals surface area contributed by atoms with Crippen molar-refractivity contribution in [3.63, 3.8) is 0 Å². The van der Waals surface area contributed by atoms with Gasteiger partial charge in [0.25, 0.3) is 5.56 Å². The van der Waals surface area contributed by atoms with Gasteiger partial charge in [-0.3, -0.25) is 14.3 Å². The van der Waals surface area contributed by atoms with Crippen LogP contribution in [0.25, 0.3) is 5.69 Å². The van der Waals surface area contributed by atoms with Crippen molar-refractivity contribution in [2.45, 2.75) is 6.42 Å².